The number of aliphatic carboxylic acids is 1. The van der Waals surface area contributed by atoms with Crippen molar-refractivity contribution in [1.29, 1.82) is 0 Å². The van der Waals surface area contributed by atoms with Gasteiger partial charge in [-0.3, -0.25) is 4.79 Å². The second kappa shape index (κ2) is 8.32. The minimum atomic E-state index is -1.07. The highest BCUT2D eigenvalue weighted by atomic mass is 16.5. The lowest BCUT2D eigenvalue weighted by molar-refractivity contribution is -0.142. The van der Waals surface area contributed by atoms with Crippen molar-refractivity contribution in [3.63, 3.8) is 0 Å². The molecule has 0 saturated carbocycles. The van der Waals surface area contributed by atoms with Crippen molar-refractivity contribution in [2.75, 3.05) is 6.61 Å². The van der Waals surface area contributed by atoms with Crippen molar-refractivity contribution in [3.8, 4) is 0 Å². The summed E-state index contributed by atoms with van der Waals surface area (Å²) in [6.45, 7) is 4.35. The van der Waals surface area contributed by atoms with E-state index in [9.17, 15) is 14.7 Å². The Hall–Kier alpha value is -1.88. The van der Waals surface area contributed by atoms with Crippen LogP contribution in [0, 0.1) is 0 Å². The topological polar surface area (TPSA) is 75.6 Å². The van der Waals surface area contributed by atoms with Crippen LogP contribution in [0.1, 0.15) is 38.3 Å². The summed E-state index contributed by atoms with van der Waals surface area (Å²) in [6, 6.07) is 7.65. The highest BCUT2D eigenvalue weighted by molar-refractivity contribution is 5.84. The van der Waals surface area contributed by atoms with Gasteiger partial charge in [0.25, 0.3) is 0 Å². The fraction of sp³-hybridized carbons (Fsp3) is 0.467. The normalized spacial score (nSPS) is 12.2. The monoisotopic (exact) mass is 279 g/mol. The molecule has 2 N–H and O–H groups in total. The predicted octanol–water partition coefficient (Wildman–Crippen LogP) is 2.13. The summed E-state index contributed by atoms with van der Waals surface area (Å²) in [5, 5.41) is 11.7. The van der Waals surface area contributed by atoms with Gasteiger partial charge in [-0.25, -0.2) is 4.79 Å². The minimum Gasteiger partial charge on any atom is -0.479 e. The van der Waals surface area contributed by atoms with Crippen LogP contribution in [0.25, 0.3) is 0 Å². The first kappa shape index (κ1) is 16.2. The van der Waals surface area contributed by atoms with Gasteiger partial charge in [0.05, 0.1) is 6.10 Å². The van der Waals surface area contributed by atoms with Crippen LogP contribution < -0.4 is 5.32 Å². The molecule has 1 aromatic rings. The van der Waals surface area contributed by atoms with E-state index in [4.69, 9.17) is 4.74 Å². The molecular formula is C15H21NO4. The lowest BCUT2D eigenvalue weighted by atomic mass is 10.1. The number of ether oxygens (including phenoxy) is 1. The molecule has 0 bridgehead atoms. The van der Waals surface area contributed by atoms with Gasteiger partial charge in [0.2, 0.25) is 5.91 Å². The van der Waals surface area contributed by atoms with E-state index in [0.29, 0.717) is 18.6 Å². The third-order valence-corrected chi connectivity index (χ3v) is 2.68. The molecule has 0 radical (unpaired) electrons. The first-order valence-corrected chi connectivity index (χ1v) is 6.69. The Morgan fingerprint density at radius 2 is 1.90 bits per heavy atom. The molecular weight excluding hydrogens is 258 g/mol. The summed E-state index contributed by atoms with van der Waals surface area (Å²) in [5.41, 5.74) is 0.562. The zero-order valence-corrected chi connectivity index (χ0v) is 11.8. The number of carboxylic acids is 1. The first-order valence-electron chi connectivity index (χ1n) is 6.69. The minimum absolute atomic E-state index is 0.133. The van der Waals surface area contributed by atoms with Crippen molar-refractivity contribution in [3.05, 3.63) is 35.9 Å². The number of hydrogen-bond donors (Lipinski definition) is 2. The summed E-state index contributed by atoms with van der Waals surface area (Å²) >= 11 is 0. The van der Waals surface area contributed by atoms with Crippen molar-refractivity contribution in [2.45, 2.75) is 38.8 Å². The summed E-state index contributed by atoms with van der Waals surface area (Å²) in [6.07, 6.45) is 0.961. The average Bonchev–Trinajstić information content (AvgIpc) is 2.41. The van der Waals surface area contributed by atoms with E-state index < -0.39 is 12.0 Å². The molecule has 0 aliphatic carbocycles. The highest BCUT2D eigenvalue weighted by Gasteiger charge is 2.21. The first-order chi connectivity index (χ1) is 9.50. The molecule has 0 aliphatic heterocycles. The summed E-state index contributed by atoms with van der Waals surface area (Å²) in [4.78, 5) is 23.0. The maximum absolute atomic E-state index is 11.7. The van der Waals surface area contributed by atoms with Crippen LogP contribution >= 0.6 is 0 Å². The SMILES string of the molecule is CC(C)OCCCC(=O)NC(C(=O)O)c1ccccc1. The van der Waals surface area contributed by atoms with E-state index in [1.54, 1.807) is 30.3 Å². The predicted molar refractivity (Wildman–Crippen MR) is 75.3 cm³/mol. The molecule has 0 aliphatic rings. The Bertz CT molecular complexity index is 431. The number of amides is 1. The van der Waals surface area contributed by atoms with Crippen LogP contribution in [0.15, 0.2) is 30.3 Å². The van der Waals surface area contributed by atoms with Gasteiger partial charge in [0.1, 0.15) is 0 Å². The summed E-state index contributed by atoms with van der Waals surface area (Å²) < 4.78 is 5.33. The number of nitrogens with one attached hydrogen (secondary N) is 1. The molecule has 20 heavy (non-hydrogen) atoms. The Morgan fingerprint density at radius 1 is 1.25 bits per heavy atom. The second-order valence-corrected chi connectivity index (χ2v) is 4.77. The standard InChI is InChI=1S/C15H21NO4/c1-11(2)20-10-6-9-13(17)16-14(15(18)19)12-7-4-3-5-8-12/h3-5,7-8,11,14H,6,9-10H2,1-2H3,(H,16,17)(H,18,19). The fourth-order valence-electron chi connectivity index (χ4n) is 1.72. The Morgan fingerprint density at radius 3 is 2.45 bits per heavy atom. The van der Waals surface area contributed by atoms with Crippen molar-refractivity contribution < 1.29 is 19.4 Å². The fourth-order valence-corrected chi connectivity index (χ4v) is 1.72. The number of carbonyl (C=O) groups excluding carboxylic acids is 1. The van der Waals surface area contributed by atoms with Gasteiger partial charge in [-0.05, 0) is 25.8 Å². The van der Waals surface area contributed by atoms with Crippen LogP contribution in [0.4, 0.5) is 0 Å². The average molecular weight is 279 g/mol. The molecule has 1 amide bonds. The highest BCUT2D eigenvalue weighted by Crippen LogP contribution is 2.13. The molecule has 1 aromatic carbocycles. The van der Waals surface area contributed by atoms with Crippen LogP contribution in [0.2, 0.25) is 0 Å². The van der Waals surface area contributed by atoms with Gasteiger partial charge in [-0.15, -0.1) is 0 Å². The van der Waals surface area contributed by atoms with Gasteiger partial charge in [-0.2, -0.15) is 0 Å². The molecule has 1 unspecified atom stereocenters. The van der Waals surface area contributed by atoms with Crippen molar-refractivity contribution >= 4 is 11.9 Å². The van der Waals surface area contributed by atoms with E-state index in [-0.39, 0.29) is 18.4 Å². The van der Waals surface area contributed by atoms with Crippen LogP contribution in [0.3, 0.4) is 0 Å². The van der Waals surface area contributed by atoms with Crippen molar-refractivity contribution in [2.24, 2.45) is 0 Å². The quantitative estimate of drug-likeness (QED) is 0.715. The van der Waals surface area contributed by atoms with E-state index in [2.05, 4.69) is 5.32 Å². The molecule has 5 heteroatoms. The van der Waals surface area contributed by atoms with Gasteiger partial charge >= 0.3 is 5.97 Å². The van der Waals surface area contributed by atoms with Crippen LogP contribution in [0.5, 0.6) is 0 Å². The molecule has 5 nitrogen and oxygen atoms in total. The number of hydrogen-bond acceptors (Lipinski definition) is 3. The molecule has 0 aromatic heterocycles. The number of rotatable bonds is 8. The van der Waals surface area contributed by atoms with E-state index in [1.165, 1.54) is 0 Å². The van der Waals surface area contributed by atoms with E-state index in [0.717, 1.165) is 0 Å². The maximum atomic E-state index is 11.7. The number of carbonyl (C=O) groups is 2. The van der Waals surface area contributed by atoms with Gasteiger partial charge < -0.3 is 15.2 Å². The molecule has 110 valence electrons. The molecule has 0 fully saturated rings. The van der Waals surface area contributed by atoms with E-state index in [1.807, 2.05) is 13.8 Å². The second-order valence-electron chi connectivity index (χ2n) is 4.77. The maximum Gasteiger partial charge on any atom is 0.330 e. The molecule has 0 spiro atoms. The van der Waals surface area contributed by atoms with Gasteiger partial charge in [0, 0.05) is 13.0 Å². The van der Waals surface area contributed by atoms with Gasteiger partial charge in [0.15, 0.2) is 6.04 Å². The largest absolute Gasteiger partial charge is 0.479 e. The van der Waals surface area contributed by atoms with Crippen LogP contribution in [-0.4, -0.2) is 29.7 Å². The van der Waals surface area contributed by atoms with Crippen molar-refractivity contribution in [1.82, 2.24) is 5.32 Å². The molecule has 1 atom stereocenters. The zero-order chi connectivity index (χ0) is 15.0. The van der Waals surface area contributed by atoms with Gasteiger partial charge in [-0.1, -0.05) is 30.3 Å². The number of benzene rings is 1. The lowest BCUT2D eigenvalue weighted by Crippen LogP contribution is -2.33. The Kier molecular flexibility index (Phi) is 6.73. The smallest absolute Gasteiger partial charge is 0.330 e. The Balaban J connectivity index is 2.46. The summed E-state index contributed by atoms with van der Waals surface area (Å²) in [7, 11) is 0. The third-order valence-electron chi connectivity index (χ3n) is 2.68. The van der Waals surface area contributed by atoms with Crippen LogP contribution in [-0.2, 0) is 14.3 Å². The summed E-state index contributed by atoms with van der Waals surface area (Å²) in [5.74, 6) is -1.35. The molecule has 1 rings (SSSR count). The third kappa shape index (κ3) is 5.84. The zero-order valence-electron chi connectivity index (χ0n) is 11.8. The number of carboxylic acid groups (broad SMARTS) is 1. The van der Waals surface area contributed by atoms with E-state index >= 15 is 0 Å². The molecule has 0 heterocycles. The Labute approximate surface area is 118 Å². The molecule has 0 saturated heterocycles. The lowest BCUT2D eigenvalue weighted by Gasteiger charge is -2.15.